The Morgan fingerprint density at radius 1 is 1.12 bits per heavy atom. The predicted octanol–water partition coefficient (Wildman–Crippen LogP) is 7.40. The molecule has 0 unspecified atom stereocenters. The molecule has 4 saturated carbocycles. The Bertz CT molecular complexity index is 1160. The molecule has 0 saturated heterocycles. The number of carbonyl (C=O) groups excluding carboxylic acids is 1. The van der Waals surface area contributed by atoms with E-state index in [2.05, 4.69) is 24.3 Å². The number of allylic oxidation sites excluding steroid dienone is 1. The van der Waals surface area contributed by atoms with E-state index in [1.807, 2.05) is 30.4 Å². The van der Waals surface area contributed by atoms with Crippen molar-refractivity contribution in [2.24, 2.45) is 23.2 Å². The third kappa shape index (κ3) is 4.15. The van der Waals surface area contributed by atoms with Gasteiger partial charge in [-0.2, -0.15) is 0 Å². The first-order valence-corrected chi connectivity index (χ1v) is 13.8. The highest BCUT2D eigenvalue weighted by Gasteiger charge is 2.53. The number of benzene rings is 2. The van der Waals surface area contributed by atoms with E-state index >= 15 is 0 Å². The number of carbonyl (C=O) groups is 1. The molecule has 5 heteroatoms. The molecular weight excluding hydrogens is 446 g/mol. The van der Waals surface area contributed by atoms with Crippen LogP contribution in [0, 0.1) is 23.2 Å². The molecule has 0 aliphatic heterocycles. The molecule has 4 aliphatic carbocycles. The van der Waals surface area contributed by atoms with Crippen LogP contribution in [-0.4, -0.2) is 17.9 Å². The Kier molecular flexibility index (Phi) is 5.58. The molecule has 3 aromatic rings. The summed E-state index contributed by atoms with van der Waals surface area (Å²) in [6.45, 7) is 0. The zero-order valence-corrected chi connectivity index (χ0v) is 20.6. The maximum absolute atomic E-state index is 13.4. The van der Waals surface area contributed by atoms with Gasteiger partial charge in [-0.3, -0.25) is 4.79 Å². The van der Waals surface area contributed by atoms with Crippen LogP contribution in [0.5, 0.6) is 5.75 Å². The number of para-hydroxylation sites is 1. The van der Waals surface area contributed by atoms with Gasteiger partial charge in [-0.15, -0.1) is 11.3 Å². The van der Waals surface area contributed by atoms with E-state index in [4.69, 9.17) is 9.72 Å². The van der Waals surface area contributed by atoms with Crippen molar-refractivity contribution in [3.8, 4) is 5.75 Å². The number of thiazole rings is 1. The second kappa shape index (κ2) is 8.59. The van der Waals surface area contributed by atoms with Crippen LogP contribution in [0.2, 0.25) is 0 Å². The molecule has 0 spiro atoms. The summed E-state index contributed by atoms with van der Waals surface area (Å²) in [7, 11) is 1.72. The first-order valence-electron chi connectivity index (χ1n) is 12.0. The summed E-state index contributed by atoms with van der Waals surface area (Å²) in [5.41, 5.74) is 3.18. The fourth-order valence-corrected chi connectivity index (χ4v) is 8.87. The van der Waals surface area contributed by atoms with E-state index in [1.165, 1.54) is 24.0 Å². The Labute approximate surface area is 203 Å². The van der Waals surface area contributed by atoms with E-state index < -0.39 is 0 Å². The number of aromatic nitrogens is 1. The van der Waals surface area contributed by atoms with Crippen molar-refractivity contribution in [1.29, 1.82) is 0 Å². The molecule has 4 aliphatic rings. The van der Waals surface area contributed by atoms with E-state index in [0.29, 0.717) is 5.78 Å². The van der Waals surface area contributed by atoms with Gasteiger partial charge in [0, 0.05) is 16.7 Å². The molecule has 3 nitrogen and oxygen atoms in total. The van der Waals surface area contributed by atoms with Crippen molar-refractivity contribution < 1.29 is 9.53 Å². The van der Waals surface area contributed by atoms with Crippen LogP contribution in [0.4, 0.5) is 0 Å². The molecule has 0 amide bonds. The highest BCUT2D eigenvalue weighted by Crippen LogP contribution is 2.60. The van der Waals surface area contributed by atoms with Gasteiger partial charge in [0.2, 0.25) is 0 Å². The van der Waals surface area contributed by atoms with Gasteiger partial charge in [0.25, 0.3) is 0 Å². The second-order valence-electron chi connectivity index (χ2n) is 10.2. The fraction of sp³-hybridized carbons (Fsp3) is 0.429. The zero-order valence-electron chi connectivity index (χ0n) is 19.0. The average Bonchev–Trinajstić information content (AvgIpc) is 3.23. The van der Waals surface area contributed by atoms with Crippen molar-refractivity contribution in [3.05, 3.63) is 59.7 Å². The van der Waals surface area contributed by atoms with Gasteiger partial charge < -0.3 is 4.74 Å². The Morgan fingerprint density at radius 3 is 2.55 bits per heavy atom. The number of thioether (sulfide) groups is 1. The number of ether oxygens (including phenoxy) is 1. The summed E-state index contributed by atoms with van der Waals surface area (Å²) in [5, 5.41) is 0. The topological polar surface area (TPSA) is 39.2 Å². The minimum absolute atomic E-state index is 0.0662. The minimum atomic E-state index is -0.0662. The van der Waals surface area contributed by atoms with Crippen LogP contribution in [0.25, 0.3) is 16.3 Å². The van der Waals surface area contributed by atoms with Crippen LogP contribution in [0.1, 0.15) is 49.7 Å². The van der Waals surface area contributed by atoms with Gasteiger partial charge in [0.1, 0.15) is 5.75 Å². The smallest absolute Gasteiger partial charge is 0.161 e. The molecule has 1 heterocycles. The number of hydrogen-bond acceptors (Lipinski definition) is 5. The molecule has 33 heavy (non-hydrogen) atoms. The molecule has 4 fully saturated rings. The molecule has 1 aromatic heterocycles. The lowest BCUT2D eigenvalue weighted by molar-refractivity contribution is -0.138. The Balaban J connectivity index is 1.18. The summed E-state index contributed by atoms with van der Waals surface area (Å²) in [6, 6.07) is 14.5. The summed E-state index contributed by atoms with van der Waals surface area (Å²) in [6.07, 6.45) is 11.4. The van der Waals surface area contributed by atoms with Crippen molar-refractivity contribution in [2.45, 2.75) is 48.6 Å². The first kappa shape index (κ1) is 21.4. The molecule has 4 bridgehead atoms. The van der Waals surface area contributed by atoms with E-state index in [1.54, 1.807) is 30.2 Å². The molecule has 2 aromatic carbocycles. The van der Waals surface area contributed by atoms with Gasteiger partial charge in [-0.1, -0.05) is 36.0 Å². The number of nitrogens with zero attached hydrogens (tertiary/aromatic N) is 1. The molecule has 0 atom stereocenters. The maximum Gasteiger partial charge on any atom is 0.161 e. The monoisotopic (exact) mass is 475 g/mol. The maximum atomic E-state index is 13.4. The Hall–Kier alpha value is -2.11. The van der Waals surface area contributed by atoms with Crippen LogP contribution in [0.15, 0.2) is 52.9 Å². The SMILES string of the molecule is COc1ccc(/C=C/C(=O)C23CC4CC(CC(C4)C2)C3)cc1CSc1nc2ccccc2s1. The van der Waals surface area contributed by atoms with Crippen molar-refractivity contribution in [1.82, 2.24) is 4.98 Å². The van der Waals surface area contributed by atoms with E-state index in [0.717, 1.165) is 69.5 Å². The van der Waals surface area contributed by atoms with Gasteiger partial charge in [-0.05, 0) is 92.2 Å². The van der Waals surface area contributed by atoms with Gasteiger partial charge in [0.15, 0.2) is 10.1 Å². The van der Waals surface area contributed by atoms with Crippen molar-refractivity contribution in [3.63, 3.8) is 0 Å². The first-order chi connectivity index (χ1) is 16.1. The summed E-state index contributed by atoms with van der Waals surface area (Å²) in [5.74, 6) is 4.41. The quantitative estimate of drug-likeness (QED) is 0.264. The molecule has 170 valence electrons. The average molecular weight is 476 g/mol. The third-order valence-electron chi connectivity index (χ3n) is 7.92. The van der Waals surface area contributed by atoms with Crippen LogP contribution in [0.3, 0.4) is 0 Å². The minimum Gasteiger partial charge on any atom is -0.496 e. The van der Waals surface area contributed by atoms with Gasteiger partial charge >= 0.3 is 0 Å². The van der Waals surface area contributed by atoms with Crippen molar-refractivity contribution >= 4 is 45.2 Å². The lowest BCUT2D eigenvalue weighted by Crippen LogP contribution is -2.49. The predicted molar refractivity (Wildman–Crippen MR) is 137 cm³/mol. The lowest BCUT2D eigenvalue weighted by Gasteiger charge is -2.55. The van der Waals surface area contributed by atoms with E-state index in [9.17, 15) is 4.79 Å². The number of fused-ring (bicyclic) bond motifs is 1. The van der Waals surface area contributed by atoms with Gasteiger partial charge in [-0.25, -0.2) is 4.98 Å². The second-order valence-corrected chi connectivity index (χ2v) is 12.5. The van der Waals surface area contributed by atoms with Crippen LogP contribution < -0.4 is 4.74 Å². The number of hydrogen-bond donors (Lipinski definition) is 0. The molecule has 0 N–H and O–H groups in total. The van der Waals surface area contributed by atoms with Gasteiger partial charge in [0.05, 0.1) is 17.3 Å². The number of rotatable bonds is 7. The highest BCUT2D eigenvalue weighted by atomic mass is 32.2. The van der Waals surface area contributed by atoms with E-state index in [-0.39, 0.29) is 5.41 Å². The Morgan fingerprint density at radius 2 is 1.85 bits per heavy atom. The third-order valence-corrected chi connectivity index (χ3v) is 10.1. The zero-order chi connectivity index (χ0) is 22.4. The standard InChI is InChI=1S/C28H29NO2S2/c1-31-24-8-6-18(13-22(24)17-32-27-29-23-4-2-3-5-25(23)33-27)7-9-26(30)28-14-19-10-20(15-28)12-21(11-19)16-28/h2-9,13,19-21H,10-12,14-17H2,1H3/b9-7+. The largest absolute Gasteiger partial charge is 0.496 e. The highest BCUT2D eigenvalue weighted by molar-refractivity contribution is 8.00. The summed E-state index contributed by atoms with van der Waals surface area (Å²) >= 11 is 3.46. The number of ketones is 1. The summed E-state index contributed by atoms with van der Waals surface area (Å²) in [4.78, 5) is 18.1. The van der Waals surface area contributed by atoms with Crippen LogP contribution >= 0.6 is 23.1 Å². The molecular formula is C28H29NO2S2. The van der Waals surface area contributed by atoms with Crippen molar-refractivity contribution in [2.75, 3.05) is 7.11 Å². The van der Waals surface area contributed by atoms with Crippen LogP contribution in [-0.2, 0) is 10.5 Å². The fourth-order valence-electron chi connectivity index (χ4n) is 6.83. The lowest BCUT2D eigenvalue weighted by atomic mass is 9.48. The number of methoxy groups -OCH3 is 1. The summed E-state index contributed by atoms with van der Waals surface area (Å²) < 4.78 is 7.90. The molecule has 0 radical (unpaired) electrons. The normalized spacial score (nSPS) is 28.1. The molecule has 7 rings (SSSR count).